The van der Waals surface area contributed by atoms with Gasteiger partial charge in [0, 0.05) is 17.9 Å². The van der Waals surface area contributed by atoms with Gasteiger partial charge in [-0.1, -0.05) is 30.3 Å². The second-order valence-electron chi connectivity index (χ2n) is 7.16. The lowest BCUT2D eigenvalue weighted by molar-refractivity contribution is -0.126. The number of thioether (sulfide) groups is 1. The molecule has 0 unspecified atom stereocenters. The Bertz CT molecular complexity index is 919. The van der Waals surface area contributed by atoms with Crippen molar-refractivity contribution in [2.45, 2.75) is 19.8 Å². The first-order valence-corrected chi connectivity index (χ1v) is 11.0. The Morgan fingerprint density at radius 1 is 0.967 bits per heavy atom. The molecule has 30 heavy (non-hydrogen) atoms. The molecule has 1 aliphatic heterocycles. The van der Waals surface area contributed by atoms with Gasteiger partial charge in [0.1, 0.15) is 0 Å². The number of aryl methyl sites for hydroxylation is 2. The molecule has 0 spiro atoms. The number of carbonyl (C=O) groups is 3. The van der Waals surface area contributed by atoms with Crippen molar-refractivity contribution in [3.8, 4) is 0 Å². The highest BCUT2D eigenvalue weighted by atomic mass is 32.2. The summed E-state index contributed by atoms with van der Waals surface area (Å²) in [6.45, 7) is 2.95. The molecule has 0 radical (unpaired) electrons. The third-order valence-corrected chi connectivity index (χ3v) is 5.58. The summed E-state index contributed by atoms with van der Waals surface area (Å²) in [6, 6.07) is 15.6. The Balaban J connectivity index is 1.34. The summed E-state index contributed by atoms with van der Waals surface area (Å²) in [6.07, 6.45) is 2.01. The largest absolute Gasteiger partial charge is 0.362 e. The standard InChI is InChI=1S/C22H26N4O3S/c1-16-6-4-9-18(12-16)23-21(28)14-30-15-22(29)25-24-20(27)13-26-11-5-8-17-7-2-3-10-19(17)26/h2-4,6-7,9-10,12H,5,8,11,13-15H2,1H3,(H,23,28)(H,24,27)(H,25,29). The molecule has 3 rings (SSSR count). The quantitative estimate of drug-likeness (QED) is 0.591. The molecule has 0 aliphatic carbocycles. The average Bonchev–Trinajstić information content (AvgIpc) is 2.72. The lowest BCUT2D eigenvalue weighted by Crippen LogP contribution is -2.48. The molecule has 0 saturated carbocycles. The van der Waals surface area contributed by atoms with Crippen molar-refractivity contribution in [3.63, 3.8) is 0 Å². The van der Waals surface area contributed by atoms with Crippen LogP contribution in [0.4, 0.5) is 11.4 Å². The lowest BCUT2D eigenvalue weighted by atomic mass is 10.0. The van der Waals surface area contributed by atoms with Gasteiger partial charge in [-0.3, -0.25) is 25.2 Å². The van der Waals surface area contributed by atoms with Crippen molar-refractivity contribution in [3.05, 3.63) is 59.7 Å². The fourth-order valence-corrected chi connectivity index (χ4v) is 3.94. The number of hydrogen-bond acceptors (Lipinski definition) is 5. The Labute approximate surface area is 180 Å². The number of rotatable bonds is 7. The van der Waals surface area contributed by atoms with E-state index in [1.54, 1.807) is 0 Å². The Kier molecular flexibility index (Phi) is 7.73. The molecule has 1 aliphatic rings. The van der Waals surface area contributed by atoms with Gasteiger partial charge in [-0.05, 0) is 49.1 Å². The van der Waals surface area contributed by atoms with Crippen molar-refractivity contribution in [1.82, 2.24) is 10.9 Å². The molecule has 0 bridgehead atoms. The van der Waals surface area contributed by atoms with Crippen LogP contribution in [0.5, 0.6) is 0 Å². The molecule has 7 nitrogen and oxygen atoms in total. The highest BCUT2D eigenvalue weighted by molar-refractivity contribution is 8.00. The molecule has 0 atom stereocenters. The molecular weight excluding hydrogens is 400 g/mol. The normalized spacial score (nSPS) is 12.6. The summed E-state index contributed by atoms with van der Waals surface area (Å²) in [7, 11) is 0. The van der Waals surface area contributed by atoms with E-state index in [9.17, 15) is 14.4 Å². The van der Waals surface area contributed by atoms with E-state index in [1.807, 2.05) is 54.3 Å². The summed E-state index contributed by atoms with van der Waals surface area (Å²) in [5, 5.41) is 2.79. The fraction of sp³-hybridized carbons (Fsp3) is 0.318. The molecular formula is C22H26N4O3S. The van der Waals surface area contributed by atoms with Crippen molar-refractivity contribution >= 4 is 40.9 Å². The molecule has 0 saturated heterocycles. The van der Waals surface area contributed by atoms with Gasteiger partial charge in [-0.2, -0.15) is 0 Å². The molecule has 3 amide bonds. The number of anilines is 2. The minimum Gasteiger partial charge on any atom is -0.362 e. The number of fused-ring (bicyclic) bond motifs is 1. The smallest absolute Gasteiger partial charge is 0.257 e. The van der Waals surface area contributed by atoms with Gasteiger partial charge in [-0.25, -0.2) is 0 Å². The summed E-state index contributed by atoms with van der Waals surface area (Å²) < 4.78 is 0. The van der Waals surface area contributed by atoms with Crippen molar-refractivity contribution < 1.29 is 14.4 Å². The zero-order chi connectivity index (χ0) is 21.3. The van der Waals surface area contributed by atoms with E-state index >= 15 is 0 Å². The maximum atomic E-state index is 12.2. The van der Waals surface area contributed by atoms with Crippen molar-refractivity contribution in [2.75, 3.05) is 34.8 Å². The first-order valence-electron chi connectivity index (χ1n) is 9.86. The van der Waals surface area contributed by atoms with E-state index in [0.29, 0.717) is 0 Å². The SMILES string of the molecule is Cc1cccc(NC(=O)CSCC(=O)NNC(=O)CN2CCCc3ccccc32)c1. The number of benzene rings is 2. The van der Waals surface area contributed by atoms with Crippen LogP contribution in [-0.2, 0) is 20.8 Å². The first-order chi connectivity index (χ1) is 14.5. The number of nitrogens with one attached hydrogen (secondary N) is 3. The molecule has 2 aromatic rings. The second-order valence-corrected chi connectivity index (χ2v) is 8.15. The van der Waals surface area contributed by atoms with Crippen LogP contribution < -0.4 is 21.1 Å². The van der Waals surface area contributed by atoms with E-state index in [4.69, 9.17) is 0 Å². The van der Waals surface area contributed by atoms with Crippen LogP contribution in [0.15, 0.2) is 48.5 Å². The highest BCUT2D eigenvalue weighted by Gasteiger charge is 2.18. The molecule has 8 heteroatoms. The Morgan fingerprint density at radius 3 is 2.57 bits per heavy atom. The molecule has 158 valence electrons. The maximum Gasteiger partial charge on any atom is 0.257 e. The maximum absolute atomic E-state index is 12.2. The highest BCUT2D eigenvalue weighted by Crippen LogP contribution is 2.26. The van der Waals surface area contributed by atoms with Crippen LogP contribution in [0.3, 0.4) is 0 Å². The summed E-state index contributed by atoms with van der Waals surface area (Å²) in [5.41, 5.74) is 8.96. The van der Waals surface area contributed by atoms with Crippen LogP contribution in [0.25, 0.3) is 0 Å². The Hall–Kier alpha value is -3.00. The fourth-order valence-electron chi connectivity index (χ4n) is 3.32. The number of nitrogens with zero attached hydrogens (tertiary/aromatic N) is 1. The molecule has 3 N–H and O–H groups in total. The number of para-hydroxylation sites is 1. The van der Waals surface area contributed by atoms with E-state index in [0.717, 1.165) is 36.3 Å². The predicted molar refractivity (Wildman–Crippen MR) is 120 cm³/mol. The predicted octanol–water partition coefficient (Wildman–Crippen LogP) is 2.27. The van der Waals surface area contributed by atoms with Crippen LogP contribution >= 0.6 is 11.8 Å². The van der Waals surface area contributed by atoms with Gasteiger partial charge in [-0.15, -0.1) is 11.8 Å². The summed E-state index contributed by atoms with van der Waals surface area (Å²) in [5.74, 6) is -0.572. The van der Waals surface area contributed by atoms with Gasteiger partial charge >= 0.3 is 0 Å². The number of hydrogen-bond donors (Lipinski definition) is 3. The summed E-state index contributed by atoms with van der Waals surface area (Å²) >= 11 is 1.19. The number of amides is 3. The van der Waals surface area contributed by atoms with Crippen molar-refractivity contribution in [2.24, 2.45) is 0 Å². The summed E-state index contributed by atoms with van der Waals surface area (Å²) in [4.78, 5) is 38.1. The minimum atomic E-state index is -0.351. The van der Waals surface area contributed by atoms with Crippen molar-refractivity contribution in [1.29, 1.82) is 0 Å². The molecule has 0 fully saturated rings. The van der Waals surface area contributed by atoms with Gasteiger partial charge in [0.25, 0.3) is 5.91 Å². The van der Waals surface area contributed by atoms with Gasteiger partial charge < -0.3 is 10.2 Å². The topological polar surface area (TPSA) is 90.5 Å². The van der Waals surface area contributed by atoms with Gasteiger partial charge in [0.05, 0.1) is 18.1 Å². The van der Waals surface area contributed by atoms with Crippen LogP contribution in [0.1, 0.15) is 17.5 Å². The molecule has 0 aromatic heterocycles. The molecule has 2 aromatic carbocycles. The van der Waals surface area contributed by atoms with E-state index in [1.165, 1.54) is 17.3 Å². The first kappa shape index (κ1) is 21.7. The lowest BCUT2D eigenvalue weighted by Gasteiger charge is -2.30. The van der Waals surface area contributed by atoms with Gasteiger partial charge in [0.15, 0.2) is 0 Å². The number of hydrazine groups is 1. The third-order valence-electron chi connectivity index (χ3n) is 4.65. The third kappa shape index (κ3) is 6.52. The van der Waals surface area contributed by atoms with Gasteiger partial charge in [0.2, 0.25) is 11.8 Å². The van der Waals surface area contributed by atoms with Crippen LogP contribution in [0.2, 0.25) is 0 Å². The monoisotopic (exact) mass is 426 g/mol. The zero-order valence-corrected chi connectivity index (χ0v) is 17.8. The molecule has 1 heterocycles. The van der Waals surface area contributed by atoms with E-state index in [2.05, 4.69) is 22.2 Å². The van der Waals surface area contributed by atoms with Crippen LogP contribution in [0, 0.1) is 6.92 Å². The van der Waals surface area contributed by atoms with E-state index < -0.39 is 0 Å². The Morgan fingerprint density at radius 2 is 1.73 bits per heavy atom. The second kappa shape index (κ2) is 10.7. The minimum absolute atomic E-state index is 0.0774. The van der Waals surface area contributed by atoms with Crippen LogP contribution in [-0.4, -0.2) is 42.3 Å². The zero-order valence-electron chi connectivity index (χ0n) is 16.9. The number of carbonyl (C=O) groups excluding carboxylic acids is 3. The van der Waals surface area contributed by atoms with E-state index in [-0.39, 0.29) is 35.8 Å². The average molecular weight is 427 g/mol.